The van der Waals surface area contributed by atoms with Crippen molar-refractivity contribution >= 4 is 51.2 Å². The van der Waals surface area contributed by atoms with Crippen molar-refractivity contribution in [2.24, 2.45) is 0 Å². The molecule has 4 aromatic rings. The van der Waals surface area contributed by atoms with E-state index in [2.05, 4.69) is 88.8 Å². The maximum atomic E-state index is 12.5. The molecule has 3 amide bonds. The second-order valence-electron chi connectivity index (χ2n) is 16.1. The molecule has 58 heavy (non-hydrogen) atoms. The first-order valence-corrected chi connectivity index (χ1v) is 20.3. The van der Waals surface area contributed by atoms with Crippen LogP contribution >= 0.6 is 11.6 Å². The van der Waals surface area contributed by atoms with Gasteiger partial charge in [0.25, 0.3) is 0 Å². The van der Waals surface area contributed by atoms with E-state index in [0.29, 0.717) is 38.8 Å². The van der Waals surface area contributed by atoms with Gasteiger partial charge in [-0.25, -0.2) is 9.59 Å². The van der Waals surface area contributed by atoms with Gasteiger partial charge >= 0.3 is 12.2 Å². The van der Waals surface area contributed by atoms with Crippen molar-refractivity contribution in [3.8, 4) is 12.1 Å². The second-order valence-corrected chi connectivity index (χ2v) is 16.4. The summed E-state index contributed by atoms with van der Waals surface area (Å²) in [6.07, 6.45) is 2.22. The van der Waals surface area contributed by atoms with Crippen LogP contribution in [0, 0.1) is 22.7 Å². The van der Waals surface area contributed by atoms with Crippen LogP contribution in [-0.4, -0.2) is 78.3 Å². The molecule has 2 atom stereocenters. The number of nitrogens with zero attached hydrogens (tertiary/aromatic N) is 3. The van der Waals surface area contributed by atoms with E-state index < -0.39 is 29.4 Å². The Morgan fingerprint density at radius 2 is 1.16 bits per heavy atom. The van der Waals surface area contributed by atoms with Crippen molar-refractivity contribution in [2.45, 2.75) is 103 Å². The van der Waals surface area contributed by atoms with Gasteiger partial charge in [0.1, 0.15) is 17.1 Å². The molecule has 11 nitrogen and oxygen atoms in total. The fourth-order valence-electron chi connectivity index (χ4n) is 6.09. The summed E-state index contributed by atoms with van der Waals surface area (Å²) in [6.45, 7) is 13.0. The van der Waals surface area contributed by atoms with Crippen LogP contribution in [0.1, 0.15) is 78.4 Å². The number of ether oxygens (including phenoxy) is 2. The van der Waals surface area contributed by atoms with Crippen LogP contribution < -0.4 is 16.0 Å². The summed E-state index contributed by atoms with van der Waals surface area (Å²) in [5, 5.41) is 31.6. The molecule has 4 rings (SSSR count). The third kappa shape index (κ3) is 18.3. The van der Waals surface area contributed by atoms with Crippen LogP contribution in [0.4, 0.5) is 9.59 Å². The third-order valence-corrected chi connectivity index (χ3v) is 9.07. The van der Waals surface area contributed by atoms with Crippen molar-refractivity contribution < 1.29 is 23.9 Å². The molecule has 0 aliphatic carbocycles. The molecule has 310 valence electrons. The molecule has 2 unspecified atom stereocenters. The number of rotatable bonds is 17. The quantitative estimate of drug-likeness (QED) is 0.0706. The Bertz CT molecular complexity index is 2010. The number of carbonyl (C=O) groups is 3. The van der Waals surface area contributed by atoms with E-state index in [1.165, 1.54) is 16.3 Å². The molecule has 0 fully saturated rings. The lowest BCUT2D eigenvalue weighted by atomic mass is 10.0. The maximum Gasteiger partial charge on any atom is 0.407 e. The lowest BCUT2D eigenvalue weighted by Gasteiger charge is -2.29. The van der Waals surface area contributed by atoms with E-state index in [-0.39, 0.29) is 30.8 Å². The van der Waals surface area contributed by atoms with Crippen LogP contribution in [0.25, 0.3) is 21.5 Å². The second kappa shape index (κ2) is 23.8. The van der Waals surface area contributed by atoms with Crippen molar-refractivity contribution in [1.29, 1.82) is 10.5 Å². The number of hydrogen-bond acceptors (Lipinski definition) is 8. The molecule has 0 saturated heterocycles. The van der Waals surface area contributed by atoms with Gasteiger partial charge in [-0.15, -0.1) is 11.6 Å². The molecule has 0 radical (unpaired) electrons. The first-order valence-electron chi connectivity index (χ1n) is 19.8. The van der Waals surface area contributed by atoms with Gasteiger partial charge in [-0.1, -0.05) is 84.9 Å². The van der Waals surface area contributed by atoms with Gasteiger partial charge in [0.05, 0.1) is 18.2 Å². The number of hydrogen-bond donors (Lipinski definition) is 3. The molecule has 0 heterocycles. The topological polar surface area (TPSA) is 157 Å². The summed E-state index contributed by atoms with van der Waals surface area (Å²) in [5.41, 5.74) is 1.22. The average molecular weight is 811 g/mol. The molecular formula is C46H59ClN6O5. The number of nitrogens with one attached hydrogen (secondary N) is 3. The minimum Gasteiger partial charge on any atom is -0.444 e. The Balaban J connectivity index is 0.000000313. The van der Waals surface area contributed by atoms with Gasteiger partial charge in [0.15, 0.2) is 0 Å². The van der Waals surface area contributed by atoms with Gasteiger partial charge in [0.2, 0.25) is 5.91 Å². The standard InChI is InChI=1S/C24H30ClN3O3.C22H29N3O2/c1-24(2,3)31-23(30)27-21(9-6-13-26)17-28(22(29)16-25)14-12-18-10-11-19-7-4-5-8-20(19)15-18;1-22(2,3)27-21(26)25-20(9-6-13-23)16-24-14-12-17-10-11-18-7-4-5-8-19(18)15-17/h4-5,7-8,10-11,15,21H,6,9,12,14,16-17H2,1-3H3,(H,27,30);4-5,7-8,10-11,15,20,24H,6,9,12,14,16H2,1-3H3,(H,25,26). The Morgan fingerprint density at radius 3 is 1.64 bits per heavy atom. The lowest BCUT2D eigenvalue weighted by Crippen LogP contribution is -2.48. The SMILES string of the molecule is CC(C)(C)OC(=O)NC(CCC#N)CN(CCc1ccc2ccccc2c1)C(=O)CCl.CC(C)(C)OC(=O)NC(CCC#N)CNCCc1ccc2ccccc2c1. The highest BCUT2D eigenvalue weighted by Gasteiger charge is 2.23. The van der Waals surface area contributed by atoms with Crippen LogP contribution in [-0.2, 0) is 27.1 Å². The number of carbonyl (C=O) groups excluding carboxylic acids is 3. The van der Waals surface area contributed by atoms with E-state index in [0.717, 1.165) is 29.3 Å². The van der Waals surface area contributed by atoms with Crippen molar-refractivity contribution in [3.63, 3.8) is 0 Å². The number of benzene rings is 4. The van der Waals surface area contributed by atoms with Gasteiger partial charge in [-0.2, -0.15) is 10.5 Å². The molecule has 0 aromatic heterocycles. The first kappa shape index (κ1) is 47.0. The predicted molar refractivity (Wildman–Crippen MR) is 231 cm³/mol. The Labute approximate surface area is 349 Å². The van der Waals surface area contributed by atoms with E-state index in [4.69, 9.17) is 31.6 Å². The van der Waals surface area contributed by atoms with Crippen LogP contribution in [0.5, 0.6) is 0 Å². The van der Waals surface area contributed by atoms with Crippen LogP contribution in [0.15, 0.2) is 84.9 Å². The lowest BCUT2D eigenvalue weighted by molar-refractivity contribution is -0.128. The highest BCUT2D eigenvalue weighted by atomic mass is 35.5. The maximum absolute atomic E-state index is 12.5. The zero-order valence-electron chi connectivity index (χ0n) is 34.8. The van der Waals surface area contributed by atoms with E-state index >= 15 is 0 Å². The summed E-state index contributed by atoms with van der Waals surface area (Å²) in [4.78, 5) is 38.3. The molecule has 0 bridgehead atoms. The normalized spacial score (nSPS) is 12.2. The Morgan fingerprint density at radius 1 is 0.690 bits per heavy atom. The summed E-state index contributed by atoms with van der Waals surface area (Å²) in [5.74, 6) is -0.356. The summed E-state index contributed by atoms with van der Waals surface area (Å²) >= 11 is 5.83. The van der Waals surface area contributed by atoms with Crippen LogP contribution in [0.3, 0.4) is 0 Å². The minimum absolute atomic E-state index is 0.129. The fourth-order valence-corrected chi connectivity index (χ4v) is 6.26. The van der Waals surface area contributed by atoms with Gasteiger partial charge in [-0.3, -0.25) is 4.79 Å². The predicted octanol–water partition coefficient (Wildman–Crippen LogP) is 8.82. The Hall–Kier alpha value is -5.36. The van der Waals surface area contributed by atoms with Gasteiger partial charge < -0.3 is 30.3 Å². The van der Waals surface area contributed by atoms with E-state index in [1.54, 1.807) is 25.7 Å². The highest BCUT2D eigenvalue weighted by Crippen LogP contribution is 2.18. The number of nitriles is 2. The zero-order chi connectivity index (χ0) is 42.6. The molecule has 4 aromatic carbocycles. The molecule has 3 N–H and O–H groups in total. The van der Waals surface area contributed by atoms with E-state index in [9.17, 15) is 14.4 Å². The summed E-state index contributed by atoms with van der Waals surface area (Å²) in [6, 6.07) is 32.9. The summed E-state index contributed by atoms with van der Waals surface area (Å²) in [7, 11) is 0. The minimum atomic E-state index is -0.633. The molecule has 0 saturated carbocycles. The monoisotopic (exact) mass is 810 g/mol. The van der Waals surface area contributed by atoms with Crippen molar-refractivity contribution in [1.82, 2.24) is 20.9 Å². The molecule has 0 aliphatic heterocycles. The van der Waals surface area contributed by atoms with Crippen LogP contribution in [0.2, 0.25) is 0 Å². The third-order valence-electron chi connectivity index (χ3n) is 8.84. The molecular weight excluding hydrogens is 752 g/mol. The van der Waals surface area contributed by atoms with Crippen molar-refractivity contribution in [2.75, 3.05) is 32.1 Å². The number of fused-ring (bicyclic) bond motifs is 2. The average Bonchev–Trinajstić information content (AvgIpc) is 3.17. The number of alkyl halides is 1. The summed E-state index contributed by atoms with van der Waals surface area (Å²) < 4.78 is 10.6. The molecule has 12 heteroatoms. The highest BCUT2D eigenvalue weighted by molar-refractivity contribution is 6.27. The van der Waals surface area contributed by atoms with E-state index in [1.807, 2.05) is 45.0 Å². The number of alkyl carbamates (subject to hydrolysis) is 2. The van der Waals surface area contributed by atoms with Gasteiger partial charge in [0, 0.05) is 38.5 Å². The fraction of sp³-hybridized carbons (Fsp3) is 0.457. The number of amides is 3. The molecule has 0 spiro atoms. The molecule has 0 aliphatic rings. The first-order chi connectivity index (χ1) is 27.6. The van der Waals surface area contributed by atoms with Gasteiger partial charge in [-0.05, 0) is 106 Å². The smallest absolute Gasteiger partial charge is 0.407 e. The number of halogens is 1. The van der Waals surface area contributed by atoms with Crippen molar-refractivity contribution in [3.05, 3.63) is 96.1 Å². The zero-order valence-corrected chi connectivity index (χ0v) is 35.5. The Kier molecular flexibility index (Phi) is 19.3. The largest absolute Gasteiger partial charge is 0.444 e.